The van der Waals surface area contributed by atoms with Crippen LogP contribution in [0.3, 0.4) is 0 Å². The van der Waals surface area contributed by atoms with Crippen molar-refractivity contribution in [1.82, 2.24) is 10.6 Å². The quantitative estimate of drug-likeness (QED) is 0.597. The van der Waals surface area contributed by atoms with Gasteiger partial charge < -0.3 is 30.0 Å². The molecule has 8 nitrogen and oxygen atoms in total. The number of rotatable bonds is 8. The summed E-state index contributed by atoms with van der Waals surface area (Å²) in [6.45, 7) is 1.12. The van der Waals surface area contributed by atoms with Gasteiger partial charge in [-0.05, 0) is 30.7 Å². The lowest BCUT2D eigenvalue weighted by Crippen LogP contribution is -2.47. The van der Waals surface area contributed by atoms with Gasteiger partial charge in [0.25, 0.3) is 0 Å². The molecule has 1 atom stereocenters. The van der Waals surface area contributed by atoms with Crippen molar-refractivity contribution in [2.75, 3.05) is 20.8 Å². The lowest BCUT2D eigenvalue weighted by Gasteiger charge is -2.27. The molecule has 8 heteroatoms. The number of ether oxygens (including phenoxy) is 3. The molecule has 2 aromatic carbocycles. The monoisotopic (exact) mass is 388 g/mol. The second kappa shape index (κ2) is 9.61. The van der Waals surface area contributed by atoms with Crippen molar-refractivity contribution in [2.24, 2.45) is 0 Å². The molecule has 0 aliphatic carbocycles. The molecule has 0 radical (unpaired) electrons. The average molecular weight is 388 g/mol. The van der Waals surface area contributed by atoms with Gasteiger partial charge in [-0.25, -0.2) is 4.79 Å². The summed E-state index contributed by atoms with van der Waals surface area (Å²) < 4.78 is 15.4. The molecule has 0 saturated carbocycles. The summed E-state index contributed by atoms with van der Waals surface area (Å²) in [7, 11) is 2.94. The Labute approximate surface area is 163 Å². The van der Waals surface area contributed by atoms with Gasteiger partial charge in [-0.15, -0.1) is 0 Å². The molecule has 0 fully saturated rings. The van der Waals surface area contributed by atoms with Gasteiger partial charge in [-0.1, -0.05) is 30.3 Å². The van der Waals surface area contributed by atoms with Crippen LogP contribution in [0.2, 0.25) is 0 Å². The number of amides is 2. The van der Waals surface area contributed by atoms with Gasteiger partial charge in [0, 0.05) is 5.56 Å². The van der Waals surface area contributed by atoms with Crippen molar-refractivity contribution in [3.63, 3.8) is 0 Å². The van der Waals surface area contributed by atoms with E-state index >= 15 is 0 Å². The second-order valence-electron chi connectivity index (χ2n) is 6.10. The minimum Gasteiger partial charge on any atom is -0.497 e. The standard InChI is InChI=1S/C20H24N2O6/c1-20(25,16-11-15(26-2)9-10-17(16)27-3)22-18(23)12-21-19(24)28-13-14-7-5-4-6-8-14/h4-11,25H,12-13H2,1-3H3,(H,21,24)(H,22,23). The molecule has 2 rings (SSSR count). The number of benzene rings is 2. The molecule has 0 aliphatic rings. The van der Waals surface area contributed by atoms with Crippen LogP contribution in [0, 0.1) is 0 Å². The predicted octanol–water partition coefficient (Wildman–Crippen LogP) is 1.91. The van der Waals surface area contributed by atoms with E-state index < -0.39 is 17.7 Å². The third-order valence-electron chi connectivity index (χ3n) is 3.92. The number of nitrogens with one attached hydrogen (secondary N) is 2. The number of carbonyl (C=O) groups excluding carboxylic acids is 2. The third-order valence-corrected chi connectivity index (χ3v) is 3.92. The molecular formula is C20H24N2O6. The maximum atomic E-state index is 12.2. The fourth-order valence-corrected chi connectivity index (χ4v) is 2.50. The molecule has 1 unspecified atom stereocenters. The highest BCUT2D eigenvalue weighted by Gasteiger charge is 2.29. The summed E-state index contributed by atoms with van der Waals surface area (Å²) in [6, 6.07) is 14.0. The van der Waals surface area contributed by atoms with Crippen LogP contribution in [0.4, 0.5) is 4.79 Å². The summed E-state index contributed by atoms with van der Waals surface area (Å²) >= 11 is 0. The van der Waals surface area contributed by atoms with Crippen LogP contribution in [0.15, 0.2) is 48.5 Å². The zero-order valence-corrected chi connectivity index (χ0v) is 16.0. The van der Waals surface area contributed by atoms with E-state index in [1.807, 2.05) is 30.3 Å². The van der Waals surface area contributed by atoms with E-state index in [2.05, 4.69) is 10.6 Å². The first-order chi connectivity index (χ1) is 13.4. The van der Waals surface area contributed by atoms with E-state index in [1.54, 1.807) is 18.2 Å². The summed E-state index contributed by atoms with van der Waals surface area (Å²) in [5, 5.41) is 15.5. The molecule has 0 aliphatic heterocycles. The first kappa shape index (κ1) is 21.0. The van der Waals surface area contributed by atoms with E-state index in [-0.39, 0.29) is 13.2 Å². The normalized spacial score (nSPS) is 12.4. The van der Waals surface area contributed by atoms with Gasteiger partial charge in [0.15, 0.2) is 5.72 Å². The van der Waals surface area contributed by atoms with Crippen molar-refractivity contribution in [3.05, 3.63) is 59.7 Å². The zero-order chi connectivity index (χ0) is 20.6. The van der Waals surface area contributed by atoms with Crippen molar-refractivity contribution in [2.45, 2.75) is 19.3 Å². The smallest absolute Gasteiger partial charge is 0.407 e. The Morgan fingerprint density at radius 1 is 1.07 bits per heavy atom. The summed E-state index contributed by atoms with van der Waals surface area (Å²) in [4.78, 5) is 23.9. The highest BCUT2D eigenvalue weighted by molar-refractivity contribution is 5.82. The molecule has 0 saturated heterocycles. The molecule has 0 spiro atoms. The van der Waals surface area contributed by atoms with Crippen molar-refractivity contribution >= 4 is 12.0 Å². The first-order valence-electron chi connectivity index (χ1n) is 8.56. The van der Waals surface area contributed by atoms with Crippen LogP contribution in [0.25, 0.3) is 0 Å². The largest absolute Gasteiger partial charge is 0.497 e. The molecule has 3 N–H and O–H groups in total. The van der Waals surface area contributed by atoms with E-state index in [0.29, 0.717) is 17.1 Å². The molecule has 150 valence electrons. The third kappa shape index (κ3) is 5.88. The average Bonchev–Trinajstić information content (AvgIpc) is 2.70. The van der Waals surface area contributed by atoms with Crippen molar-refractivity contribution in [3.8, 4) is 11.5 Å². The van der Waals surface area contributed by atoms with Gasteiger partial charge in [0.05, 0.1) is 14.2 Å². The number of hydrogen-bond donors (Lipinski definition) is 3. The Kier molecular flexibility index (Phi) is 7.22. The predicted molar refractivity (Wildman–Crippen MR) is 102 cm³/mol. The number of aliphatic hydroxyl groups is 1. The van der Waals surface area contributed by atoms with Crippen LogP contribution >= 0.6 is 0 Å². The minimum absolute atomic E-state index is 0.0903. The minimum atomic E-state index is -1.74. The second-order valence-corrected chi connectivity index (χ2v) is 6.10. The van der Waals surface area contributed by atoms with Crippen LogP contribution in [-0.2, 0) is 21.9 Å². The number of carbonyl (C=O) groups is 2. The maximum Gasteiger partial charge on any atom is 0.407 e. The van der Waals surface area contributed by atoms with Gasteiger partial charge in [-0.3, -0.25) is 4.79 Å². The van der Waals surface area contributed by atoms with Gasteiger partial charge >= 0.3 is 6.09 Å². The Bertz CT molecular complexity index is 808. The zero-order valence-electron chi connectivity index (χ0n) is 16.0. The van der Waals surface area contributed by atoms with E-state index in [4.69, 9.17) is 14.2 Å². The van der Waals surface area contributed by atoms with Crippen LogP contribution in [0.1, 0.15) is 18.1 Å². The molecule has 2 aromatic rings. The summed E-state index contributed by atoms with van der Waals surface area (Å²) in [6.07, 6.45) is -0.738. The molecule has 0 heterocycles. The molecular weight excluding hydrogens is 364 g/mol. The Hall–Kier alpha value is -3.26. The van der Waals surface area contributed by atoms with Crippen molar-refractivity contribution < 1.29 is 28.9 Å². The Morgan fingerprint density at radius 3 is 2.43 bits per heavy atom. The van der Waals surface area contributed by atoms with Gasteiger partial charge in [0.1, 0.15) is 24.7 Å². The van der Waals surface area contributed by atoms with Crippen LogP contribution < -0.4 is 20.1 Å². The molecule has 2 amide bonds. The fourth-order valence-electron chi connectivity index (χ4n) is 2.50. The lowest BCUT2D eigenvalue weighted by molar-refractivity contribution is -0.127. The van der Waals surface area contributed by atoms with E-state index in [9.17, 15) is 14.7 Å². The number of alkyl carbamates (subject to hydrolysis) is 1. The molecule has 28 heavy (non-hydrogen) atoms. The maximum absolute atomic E-state index is 12.2. The Morgan fingerprint density at radius 2 is 1.79 bits per heavy atom. The van der Waals surface area contributed by atoms with Crippen LogP contribution in [0.5, 0.6) is 11.5 Å². The molecule has 0 bridgehead atoms. The highest BCUT2D eigenvalue weighted by Crippen LogP contribution is 2.31. The SMILES string of the molecule is COc1ccc(OC)c(C(C)(O)NC(=O)CNC(=O)OCc2ccccc2)c1. The highest BCUT2D eigenvalue weighted by atomic mass is 16.5. The summed E-state index contributed by atoms with van der Waals surface area (Å²) in [5.41, 5.74) is -0.600. The van der Waals surface area contributed by atoms with Crippen molar-refractivity contribution in [1.29, 1.82) is 0 Å². The first-order valence-corrected chi connectivity index (χ1v) is 8.56. The van der Waals surface area contributed by atoms with E-state index in [0.717, 1.165) is 5.56 Å². The summed E-state index contributed by atoms with van der Waals surface area (Å²) in [5.74, 6) is 0.265. The Balaban J connectivity index is 1.90. The lowest BCUT2D eigenvalue weighted by atomic mass is 10.0. The topological polar surface area (TPSA) is 106 Å². The van der Waals surface area contributed by atoms with Gasteiger partial charge in [-0.2, -0.15) is 0 Å². The number of hydrogen-bond acceptors (Lipinski definition) is 6. The number of methoxy groups -OCH3 is 2. The molecule has 0 aromatic heterocycles. The van der Waals surface area contributed by atoms with Gasteiger partial charge in [0.2, 0.25) is 5.91 Å². The van der Waals surface area contributed by atoms with Crippen LogP contribution in [-0.4, -0.2) is 37.9 Å². The van der Waals surface area contributed by atoms with E-state index in [1.165, 1.54) is 21.1 Å². The fraction of sp³-hybridized carbons (Fsp3) is 0.300.